The van der Waals surface area contributed by atoms with Crippen molar-refractivity contribution in [2.75, 3.05) is 13.1 Å². The predicted octanol–water partition coefficient (Wildman–Crippen LogP) is 1.67. The van der Waals surface area contributed by atoms with E-state index in [-0.39, 0.29) is 18.4 Å². The quantitative estimate of drug-likeness (QED) is 0.862. The van der Waals surface area contributed by atoms with Crippen LogP contribution in [0.25, 0.3) is 0 Å². The molecular formula is C17H24N2O3. The van der Waals surface area contributed by atoms with Crippen molar-refractivity contribution in [1.29, 1.82) is 0 Å². The number of ether oxygens (including phenoxy) is 1. The number of carbonyl (C=O) groups excluding carboxylic acids is 2. The first-order valence-corrected chi connectivity index (χ1v) is 7.59. The normalized spacial score (nSPS) is 22.5. The third-order valence-corrected chi connectivity index (χ3v) is 3.71. The molecule has 1 aromatic rings. The molecule has 1 aliphatic heterocycles. The zero-order valence-corrected chi connectivity index (χ0v) is 13.4. The monoisotopic (exact) mass is 304 g/mol. The van der Waals surface area contributed by atoms with Crippen LogP contribution in [0.2, 0.25) is 0 Å². The molecule has 22 heavy (non-hydrogen) atoms. The number of nitrogens with zero attached hydrogens (tertiary/aromatic N) is 1. The van der Waals surface area contributed by atoms with Crippen molar-refractivity contribution in [1.82, 2.24) is 4.90 Å². The number of piperidine rings is 1. The van der Waals surface area contributed by atoms with Crippen LogP contribution in [-0.4, -0.2) is 41.5 Å². The van der Waals surface area contributed by atoms with Gasteiger partial charge in [-0.3, -0.25) is 9.59 Å². The van der Waals surface area contributed by atoms with Crippen molar-refractivity contribution < 1.29 is 14.3 Å². The molecule has 0 bridgehead atoms. The van der Waals surface area contributed by atoms with Gasteiger partial charge in [0.25, 0.3) is 0 Å². The molecule has 2 atom stereocenters. The maximum atomic E-state index is 12.4. The molecule has 1 saturated heterocycles. The summed E-state index contributed by atoms with van der Waals surface area (Å²) in [7, 11) is 0. The highest BCUT2D eigenvalue weighted by Gasteiger charge is 2.36. The second-order valence-electron chi connectivity index (χ2n) is 6.68. The SMILES string of the molecule is CC(C)(C)OC(=O)CN1CC[C@@H](c2ccccc2)[C@H](N)C1=O. The van der Waals surface area contributed by atoms with Gasteiger partial charge in [-0.25, -0.2) is 0 Å². The molecule has 0 aliphatic carbocycles. The lowest BCUT2D eigenvalue weighted by Crippen LogP contribution is -2.53. The van der Waals surface area contributed by atoms with Crippen molar-refractivity contribution in [3.63, 3.8) is 0 Å². The van der Waals surface area contributed by atoms with Crippen LogP contribution in [0.4, 0.5) is 0 Å². The predicted molar refractivity (Wildman–Crippen MR) is 84.2 cm³/mol. The molecular weight excluding hydrogens is 280 g/mol. The van der Waals surface area contributed by atoms with E-state index < -0.39 is 17.6 Å². The van der Waals surface area contributed by atoms with Crippen LogP contribution in [0.15, 0.2) is 30.3 Å². The molecule has 1 aliphatic rings. The first-order valence-electron chi connectivity index (χ1n) is 7.59. The molecule has 1 aromatic carbocycles. The van der Waals surface area contributed by atoms with Gasteiger partial charge in [-0.2, -0.15) is 0 Å². The fraction of sp³-hybridized carbons (Fsp3) is 0.529. The molecule has 0 spiro atoms. The van der Waals surface area contributed by atoms with Crippen LogP contribution in [0, 0.1) is 0 Å². The van der Waals surface area contributed by atoms with Gasteiger partial charge in [0, 0.05) is 12.5 Å². The number of hydrogen-bond donors (Lipinski definition) is 1. The summed E-state index contributed by atoms with van der Waals surface area (Å²) in [6.45, 7) is 5.90. The van der Waals surface area contributed by atoms with Gasteiger partial charge in [0.2, 0.25) is 5.91 Å². The lowest BCUT2D eigenvalue weighted by atomic mass is 9.85. The van der Waals surface area contributed by atoms with Gasteiger partial charge in [0.05, 0.1) is 6.04 Å². The number of carbonyl (C=O) groups is 2. The van der Waals surface area contributed by atoms with E-state index >= 15 is 0 Å². The Morgan fingerprint density at radius 2 is 1.95 bits per heavy atom. The summed E-state index contributed by atoms with van der Waals surface area (Å²) in [5, 5.41) is 0. The minimum Gasteiger partial charge on any atom is -0.459 e. The van der Waals surface area contributed by atoms with Gasteiger partial charge in [-0.15, -0.1) is 0 Å². The number of likely N-dealkylation sites (tertiary alicyclic amines) is 1. The van der Waals surface area contributed by atoms with E-state index in [1.54, 1.807) is 20.8 Å². The minimum absolute atomic E-state index is 0.00332. The molecule has 5 heteroatoms. The van der Waals surface area contributed by atoms with Crippen LogP contribution in [-0.2, 0) is 14.3 Å². The van der Waals surface area contributed by atoms with Crippen molar-refractivity contribution in [3.8, 4) is 0 Å². The largest absolute Gasteiger partial charge is 0.459 e. The molecule has 2 rings (SSSR count). The van der Waals surface area contributed by atoms with Crippen molar-refractivity contribution >= 4 is 11.9 Å². The average Bonchev–Trinajstić information content (AvgIpc) is 2.43. The summed E-state index contributed by atoms with van der Waals surface area (Å²) in [5.41, 5.74) is 6.62. The fourth-order valence-electron chi connectivity index (χ4n) is 2.73. The van der Waals surface area contributed by atoms with Crippen LogP contribution < -0.4 is 5.73 Å². The molecule has 1 fully saturated rings. The third-order valence-electron chi connectivity index (χ3n) is 3.71. The summed E-state index contributed by atoms with van der Waals surface area (Å²) in [5.74, 6) is -0.583. The Morgan fingerprint density at radius 3 is 2.55 bits per heavy atom. The zero-order valence-electron chi connectivity index (χ0n) is 13.4. The Hall–Kier alpha value is -1.88. The van der Waals surface area contributed by atoms with Crippen LogP contribution >= 0.6 is 0 Å². The topological polar surface area (TPSA) is 72.6 Å². The van der Waals surface area contributed by atoms with Gasteiger partial charge in [0.1, 0.15) is 12.1 Å². The lowest BCUT2D eigenvalue weighted by Gasteiger charge is -2.36. The van der Waals surface area contributed by atoms with Gasteiger partial charge >= 0.3 is 5.97 Å². The van der Waals surface area contributed by atoms with E-state index in [0.717, 1.165) is 12.0 Å². The molecule has 0 radical (unpaired) electrons. The number of amides is 1. The molecule has 1 heterocycles. The molecule has 1 amide bonds. The number of hydrogen-bond acceptors (Lipinski definition) is 4. The molecule has 0 saturated carbocycles. The maximum absolute atomic E-state index is 12.4. The van der Waals surface area contributed by atoms with Crippen LogP contribution in [0.1, 0.15) is 38.7 Å². The number of benzene rings is 1. The first kappa shape index (κ1) is 16.5. The van der Waals surface area contributed by atoms with E-state index in [1.165, 1.54) is 4.90 Å². The second kappa shape index (κ2) is 6.48. The first-order chi connectivity index (χ1) is 10.3. The molecule has 0 unspecified atom stereocenters. The number of nitrogens with two attached hydrogens (primary N) is 1. The highest BCUT2D eigenvalue weighted by atomic mass is 16.6. The van der Waals surface area contributed by atoms with Crippen molar-refractivity contribution in [3.05, 3.63) is 35.9 Å². The zero-order chi connectivity index (χ0) is 16.3. The summed E-state index contributed by atoms with van der Waals surface area (Å²) < 4.78 is 5.26. The van der Waals surface area contributed by atoms with E-state index in [4.69, 9.17) is 10.5 Å². The third kappa shape index (κ3) is 4.07. The van der Waals surface area contributed by atoms with Crippen molar-refractivity contribution in [2.24, 2.45) is 5.73 Å². The Kier molecular flexibility index (Phi) is 4.86. The lowest BCUT2D eigenvalue weighted by molar-refractivity contribution is -0.160. The summed E-state index contributed by atoms with van der Waals surface area (Å²) in [6.07, 6.45) is 0.750. The summed E-state index contributed by atoms with van der Waals surface area (Å²) >= 11 is 0. The van der Waals surface area contributed by atoms with E-state index in [0.29, 0.717) is 6.54 Å². The van der Waals surface area contributed by atoms with Crippen LogP contribution in [0.3, 0.4) is 0 Å². The van der Waals surface area contributed by atoms with Gasteiger partial charge in [0.15, 0.2) is 0 Å². The summed E-state index contributed by atoms with van der Waals surface area (Å²) in [4.78, 5) is 25.8. The second-order valence-corrected chi connectivity index (χ2v) is 6.68. The fourth-order valence-corrected chi connectivity index (χ4v) is 2.73. The molecule has 0 aromatic heterocycles. The van der Waals surface area contributed by atoms with E-state index in [2.05, 4.69) is 0 Å². The highest BCUT2D eigenvalue weighted by molar-refractivity contribution is 5.87. The molecule has 2 N–H and O–H groups in total. The van der Waals surface area contributed by atoms with Gasteiger partial charge in [-0.1, -0.05) is 30.3 Å². The van der Waals surface area contributed by atoms with Gasteiger partial charge in [-0.05, 0) is 32.8 Å². The van der Waals surface area contributed by atoms with Crippen molar-refractivity contribution in [2.45, 2.75) is 44.8 Å². The highest BCUT2D eigenvalue weighted by Crippen LogP contribution is 2.27. The Balaban J connectivity index is 1.99. The van der Waals surface area contributed by atoms with E-state index in [9.17, 15) is 9.59 Å². The number of esters is 1. The van der Waals surface area contributed by atoms with Crippen LogP contribution in [0.5, 0.6) is 0 Å². The molecule has 120 valence electrons. The summed E-state index contributed by atoms with van der Waals surface area (Å²) in [6, 6.07) is 9.19. The smallest absolute Gasteiger partial charge is 0.326 e. The Bertz CT molecular complexity index is 537. The molecule has 5 nitrogen and oxygen atoms in total. The standard InChI is InChI=1S/C17H24N2O3/c1-17(2,3)22-14(20)11-19-10-9-13(15(18)16(19)21)12-7-5-4-6-8-12/h4-8,13,15H,9-11,18H2,1-3H3/t13-,15-/m0/s1. The number of rotatable bonds is 3. The average molecular weight is 304 g/mol. The van der Waals surface area contributed by atoms with Gasteiger partial charge < -0.3 is 15.4 Å². The van der Waals surface area contributed by atoms with E-state index in [1.807, 2.05) is 30.3 Å². The minimum atomic E-state index is -0.612. The Labute approximate surface area is 131 Å². The Morgan fingerprint density at radius 1 is 1.32 bits per heavy atom. The maximum Gasteiger partial charge on any atom is 0.326 e.